The maximum absolute atomic E-state index is 13.3. The van der Waals surface area contributed by atoms with Crippen molar-refractivity contribution in [1.82, 2.24) is 0 Å². The maximum atomic E-state index is 13.3. The number of benzene rings is 1. The average Bonchev–Trinajstić information content (AvgIpc) is 2.53. The lowest BCUT2D eigenvalue weighted by atomic mass is 9.94. The van der Waals surface area contributed by atoms with Crippen molar-refractivity contribution in [3.05, 3.63) is 29.3 Å². The second-order valence-corrected chi connectivity index (χ2v) is 7.71. The summed E-state index contributed by atoms with van der Waals surface area (Å²) in [5, 5.41) is 11.0. The Kier molecular flexibility index (Phi) is 6.21. The number of carbonyl (C=O) groups excluding carboxylic acids is 1. The lowest BCUT2D eigenvalue weighted by Gasteiger charge is -2.35. The molecule has 0 saturated heterocycles. The largest absolute Gasteiger partial charge is 0.545 e. The zero-order chi connectivity index (χ0) is 19.5. The van der Waals surface area contributed by atoms with E-state index in [1.807, 2.05) is 0 Å². The van der Waals surface area contributed by atoms with E-state index in [2.05, 4.69) is 0 Å². The van der Waals surface area contributed by atoms with Crippen LogP contribution in [-0.2, 0) is 10.9 Å². The molecule has 0 spiro atoms. The third-order valence-electron chi connectivity index (χ3n) is 4.33. The molecule has 0 N–H and O–H groups in total. The summed E-state index contributed by atoms with van der Waals surface area (Å²) in [5.41, 5.74) is -2.01. The molecule has 26 heavy (non-hydrogen) atoms. The summed E-state index contributed by atoms with van der Waals surface area (Å²) in [6, 6.07) is 2.40. The van der Waals surface area contributed by atoms with Gasteiger partial charge in [0.15, 0.2) is 0 Å². The third kappa shape index (κ3) is 5.37. The highest BCUT2D eigenvalue weighted by Crippen LogP contribution is 2.39. The Bertz CT molecular complexity index is 629. The SMILES string of the molecule is CC(C)(C)C(Oc1cc(C(=O)[O-])ccc1C(F)(F)F)OC1CCCCC1. The standard InChI is InChI=1S/C19H25F3O4/c1-18(2,3)17(25-13-7-5-4-6-8-13)26-15-11-12(16(23)24)9-10-14(15)19(20,21)22/h9-11,13,17H,4-8H2,1-3H3,(H,23,24)/p-1. The van der Waals surface area contributed by atoms with E-state index in [1.54, 1.807) is 20.8 Å². The molecular weight excluding hydrogens is 349 g/mol. The van der Waals surface area contributed by atoms with Gasteiger partial charge in [-0.2, -0.15) is 13.2 Å². The Balaban J connectivity index is 2.33. The van der Waals surface area contributed by atoms with Crippen LogP contribution in [0.25, 0.3) is 0 Å². The van der Waals surface area contributed by atoms with Gasteiger partial charge in [-0.25, -0.2) is 0 Å². The van der Waals surface area contributed by atoms with E-state index in [9.17, 15) is 23.1 Å². The monoisotopic (exact) mass is 373 g/mol. The number of rotatable bonds is 5. The molecule has 146 valence electrons. The lowest BCUT2D eigenvalue weighted by Crippen LogP contribution is -2.39. The van der Waals surface area contributed by atoms with Gasteiger partial charge in [-0.05, 0) is 25.0 Å². The Hall–Kier alpha value is -1.76. The summed E-state index contributed by atoms with van der Waals surface area (Å²) in [7, 11) is 0. The van der Waals surface area contributed by atoms with Gasteiger partial charge in [-0.15, -0.1) is 0 Å². The first-order valence-corrected chi connectivity index (χ1v) is 8.73. The number of carboxylic acids is 1. The van der Waals surface area contributed by atoms with E-state index in [-0.39, 0.29) is 11.7 Å². The summed E-state index contributed by atoms with van der Waals surface area (Å²) < 4.78 is 51.5. The second-order valence-electron chi connectivity index (χ2n) is 7.71. The molecule has 0 radical (unpaired) electrons. The number of carboxylic acid groups (broad SMARTS) is 1. The highest BCUT2D eigenvalue weighted by Gasteiger charge is 2.37. The molecular formula is C19H24F3O4-. The van der Waals surface area contributed by atoms with Crippen LogP contribution in [0.3, 0.4) is 0 Å². The van der Waals surface area contributed by atoms with Crippen molar-refractivity contribution in [1.29, 1.82) is 0 Å². The van der Waals surface area contributed by atoms with Crippen LogP contribution in [0.15, 0.2) is 18.2 Å². The van der Waals surface area contributed by atoms with Gasteiger partial charge in [0, 0.05) is 11.0 Å². The smallest absolute Gasteiger partial charge is 0.419 e. The van der Waals surface area contributed by atoms with E-state index in [1.165, 1.54) is 0 Å². The highest BCUT2D eigenvalue weighted by atomic mass is 19.4. The van der Waals surface area contributed by atoms with Crippen molar-refractivity contribution in [3.63, 3.8) is 0 Å². The fraction of sp³-hybridized carbons (Fsp3) is 0.632. The number of halogens is 3. The van der Waals surface area contributed by atoms with Crippen molar-refractivity contribution < 1.29 is 32.5 Å². The zero-order valence-corrected chi connectivity index (χ0v) is 15.2. The molecule has 1 aliphatic rings. The van der Waals surface area contributed by atoms with Crippen LogP contribution in [0.1, 0.15) is 68.8 Å². The van der Waals surface area contributed by atoms with Crippen LogP contribution in [0.2, 0.25) is 0 Å². The van der Waals surface area contributed by atoms with Gasteiger partial charge in [0.2, 0.25) is 6.29 Å². The molecule has 1 aromatic rings. The number of hydrogen-bond acceptors (Lipinski definition) is 4. The minimum atomic E-state index is -4.67. The predicted molar refractivity (Wildman–Crippen MR) is 87.6 cm³/mol. The first-order chi connectivity index (χ1) is 12.0. The van der Waals surface area contributed by atoms with Crippen LogP contribution in [0, 0.1) is 5.41 Å². The molecule has 2 rings (SSSR count). The molecule has 1 aliphatic carbocycles. The fourth-order valence-electron chi connectivity index (χ4n) is 2.88. The van der Waals surface area contributed by atoms with E-state index < -0.39 is 35.2 Å². The Morgan fingerprint density at radius 1 is 1.15 bits per heavy atom. The van der Waals surface area contributed by atoms with Gasteiger partial charge in [0.05, 0.1) is 17.6 Å². The van der Waals surface area contributed by atoms with Crippen LogP contribution >= 0.6 is 0 Å². The quantitative estimate of drug-likeness (QED) is 0.727. The predicted octanol–water partition coefficient (Wildman–Crippen LogP) is 4.17. The van der Waals surface area contributed by atoms with Crippen molar-refractivity contribution in [2.24, 2.45) is 5.41 Å². The molecule has 7 heteroatoms. The maximum Gasteiger partial charge on any atom is 0.419 e. The van der Waals surface area contributed by atoms with E-state index >= 15 is 0 Å². The normalized spacial score (nSPS) is 17.8. The van der Waals surface area contributed by atoms with Crippen molar-refractivity contribution >= 4 is 5.97 Å². The second kappa shape index (κ2) is 7.86. The van der Waals surface area contributed by atoms with E-state index in [0.717, 1.165) is 44.2 Å². The molecule has 0 amide bonds. The molecule has 1 aromatic carbocycles. The summed E-state index contributed by atoms with van der Waals surface area (Å²) in [6.07, 6.45) is -0.886. The Labute approximate surface area is 151 Å². The number of aromatic carboxylic acids is 1. The number of hydrogen-bond donors (Lipinski definition) is 0. The lowest BCUT2D eigenvalue weighted by molar-refractivity contribution is -0.255. The third-order valence-corrected chi connectivity index (χ3v) is 4.33. The first kappa shape index (κ1) is 20.6. The first-order valence-electron chi connectivity index (χ1n) is 8.73. The van der Waals surface area contributed by atoms with Crippen molar-refractivity contribution in [3.8, 4) is 5.75 Å². The zero-order valence-electron chi connectivity index (χ0n) is 15.2. The van der Waals surface area contributed by atoms with Crippen molar-refractivity contribution in [2.45, 2.75) is 71.4 Å². The Morgan fingerprint density at radius 3 is 2.27 bits per heavy atom. The molecule has 0 bridgehead atoms. The summed E-state index contributed by atoms with van der Waals surface area (Å²) >= 11 is 0. The minimum absolute atomic E-state index is 0.0772. The number of alkyl halides is 3. The molecule has 1 atom stereocenters. The summed E-state index contributed by atoms with van der Waals surface area (Å²) in [6.45, 7) is 5.41. The topological polar surface area (TPSA) is 58.6 Å². The van der Waals surface area contributed by atoms with Crippen molar-refractivity contribution in [2.75, 3.05) is 0 Å². The number of ether oxygens (including phenoxy) is 2. The van der Waals surface area contributed by atoms with Crippen LogP contribution in [0.4, 0.5) is 13.2 Å². The van der Waals surface area contributed by atoms with E-state index in [4.69, 9.17) is 9.47 Å². The number of carbonyl (C=O) groups is 1. The van der Waals surface area contributed by atoms with E-state index in [0.29, 0.717) is 6.07 Å². The molecule has 0 heterocycles. The van der Waals surface area contributed by atoms with Crippen LogP contribution < -0.4 is 9.84 Å². The molecule has 4 nitrogen and oxygen atoms in total. The molecule has 1 saturated carbocycles. The fourth-order valence-corrected chi connectivity index (χ4v) is 2.88. The van der Waals surface area contributed by atoms with Gasteiger partial charge >= 0.3 is 6.18 Å². The average molecular weight is 373 g/mol. The van der Waals surface area contributed by atoms with Gasteiger partial charge in [-0.3, -0.25) is 0 Å². The summed E-state index contributed by atoms with van der Waals surface area (Å²) in [5.74, 6) is -2.13. The summed E-state index contributed by atoms with van der Waals surface area (Å²) in [4.78, 5) is 11.0. The van der Waals surface area contributed by atoms with Gasteiger partial charge in [-0.1, -0.05) is 46.1 Å². The minimum Gasteiger partial charge on any atom is -0.545 e. The van der Waals surface area contributed by atoms with Gasteiger partial charge in [0.25, 0.3) is 0 Å². The molecule has 1 fully saturated rings. The molecule has 0 aromatic heterocycles. The Morgan fingerprint density at radius 2 is 1.77 bits per heavy atom. The van der Waals surface area contributed by atoms with Gasteiger partial charge in [0.1, 0.15) is 5.75 Å². The van der Waals surface area contributed by atoms with Crippen LogP contribution in [0.5, 0.6) is 5.75 Å². The highest BCUT2D eigenvalue weighted by molar-refractivity contribution is 5.86. The van der Waals surface area contributed by atoms with Crippen LogP contribution in [-0.4, -0.2) is 18.4 Å². The van der Waals surface area contributed by atoms with Gasteiger partial charge < -0.3 is 19.4 Å². The molecule has 1 unspecified atom stereocenters. The molecule has 0 aliphatic heterocycles.